The Morgan fingerprint density at radius 3 is 2.42 bits per heavy atom. The minimum absolute atomic E-state index is 0.0396. The lowest BCUT2D eigenvalue weighted by Gasteiger charge is -2.24. The minimum Gasteiger partial charge on any atom is -0.497 e. The number of amides is 1. The molecule has 0 heterocycles. The van der Waals surface area contributed by atoms with Crippen LogP contribution in [0.5, 0.6) is 11.5 Å². The summed E-state index contributed by atoms with van der Waals surface area (Å²) in [7, 11) is 3.22. The van der Waals surface area contributed by atoms with Gasteiger partial charge in [-0.1, -0.05) is 12.1 Å². The molecule has 0 bridgehead atoms. The monoisotopic (exact) mass is 327 g/mol. The van der Waals surface area contributed by atoms with Crippen LogP contribution < -0.4 is 14.4 Å². The van der Waals surface area contributed by atoms with E-state index in [4.69, 9.17) is 9.47 Å². The number of carbonyl (C=O) groups is 1. The summed E-state index contributed by atoms with van der Waals surface area (Å²) < 4.78 is 10.6. The fourth-order valence-corrected chi connectivity index (χ4v) is 2.77. The van der Waals surface area contributed by atoms with Crippen LogP contribution in [0.3, 0.4) is 0 Å². The molecule has 0 saturated carbocycles. The third-order valence-electron chi connectivity index (χ3n) is 4.10. The highest BCUT2D eigenvalue weighted by molar-refractivity contribution is 5.95. The average Bonchev–Trinajstić information content (AvgIpc) is 2.58. The highest BCUT2D eigenvalue weighted by atomic mass is 16.5. The van der Waals surface area contributed by atoms with Gasteiger partial charge in [0.25, 0.3) is 0 Å². The van der Waals surface area contributed by atoms with Crippen molar-refractivity contribution in [2.75, 3.05) is 25.7 Å². The van der Waals surface area contributed by atoms with Gasteiger partial charge in [-0.3, -0.25) is 4.79 Å². The number of carbonyl (C=O) groups excluding carboxylic acids is 1. The van der Waals surface area contributed by atoms with E-state index in [0.717, 1.165) is 22.4 Å². The summed E-state index contributed by atoms with van der Waals surface area (Å²) in [4.78, 5) is 14.7. The van der Waals surface area contributed by atoms with Gasteiger partial charge in [0, 0.05) is 17.8 Å². The normalized spacial score (nSPS) is 10.4. The molecular weight excluding hydrogens is 302 g/mol. The molecule has 2 aromatic rings. The van der Waals surface area contributed by atoms with Gasteiger partial charge in [-0.15, -0.1) is 0 Å². The van der Waals surface area contributed by atoms with E-state index in [9.17, 15) is 4.79 Å². The molecule has 4 nitrogen and oxygen atoms in total. The van der Waals surface area contributed by atoms with E-state index in [0.29, 0.717) is 18.0 Å². The van der Waals surface area contributed by atoms with E-state index >= 15 is 0 Å². The van der Waals surface area contributed by atoms with Crippen LogP contribution in [0.2, 0.25) is 0 Å². The molecule has 1 amide bonds. The fraction of sp³-hybridized carbons (Fsp3) is 0.350. The van der Waals surface area contributed by atoms with Gasteiger partial charge in [-0.05, 0) is 56.2 Å². The number of aryl methyl sites for hydroxylation is 2. The number of benzene rings is 2. The maximum absolute atomic E-state index is 12.9. The molecule has 0 radical (unpaired) electrons. The van der Waals surface area contributed by atoms with Gasteiger partial charge in [0.15, 0.2) is 0 Å². The Hall–Kier alpha value is -2.49. The number of hydrogen-bond acceptors (Lipinski definition) is 3. The predicted molar refractivity (Wildman–Crippen MR) is 97.2 cm³/mol. The van der Waals surface area contributed by atoms with Crippen molar-refractivity contribution in [3.63, 3.8) is 0 Å². The maximum Gasteiger partial charge on any atom is 0.231 e. The number of rotatable bonds is 6. The Kier molecular flexibility index (Phi) is 5.85. The van der Waals surface area contributed by atoms with Crippen LogP contribution in [0.15, 0.2) is 36.4 Å². The third-order valence-corrected chi connectivity index (χ3v) is 4.10. The summed E-state index contributed by atoms with van der Waals surface area (Å²) in [6.45, 7) is 6.67. The quantitative estimate of drug-likeness (QED) is 0.807. The van der Waals surface area contributed by atoms with Gasteiger partial charge >= 0.3 is 0 Å². The molecule has 0 aliphatic rings. The van der Waals surface area contributed by atoms with Gasteiger partial charge in [0.1, 0.15) is 11.5 Å². The molecule has 2 rings (SSSR count). The molecule has 0 unspecified atom stereocenters. The number of anilines is 1. The smallest absolute Gasteiger partial charge is 0.231 e. The highest BCUT2D eigenvalue weighted by Gasteiger charge is 2.18. The molecule has 0 N–H and O–H groups in total. The molecule has 0 fully saturated rings. The van der Waals surface area contributed by atoms with Crippen LogP contribution in [0, 0.1) is 13.8 Å². The number of likely N-dealkylation sites (N-methyl/N-ethyl adjacent to an activating group) is 1. The SMILES string of the molecule is CCN(C(=O)Cc1cc(OC)ccc1OC)c1cc(C)ccc1C. The summed E-state index contributed by atoms with van der Waals surface area (Å²) in [5.41, 5.74) is 4.02. The van der Waals surface area contributed by atoms with Crippen molar-refractivity contribution in [1.29, 1.82) is 0 Å². The lowest BCUT2D eigenvalue weighted by Crippen LogP contribution is -2.32. The zero-order valence-corrected chi connectivity index (χ0v) is 15.1. The summed E-state index contributed by atoms with van der Waals surface area (Å²) >= 11 is 0. The van der Waals surface area contributed by atoms with E-state index < -0.39 is 0 Å². The second kappa shape index (κ2) is 7.86. The molecule has 0 saturated heterocycles. The summed E-state index contributed by atoms with van der Waals surface area (Å²) in [5, 5.41) is 0. The van der Waals surface area contributed by atoms with Crippen LogP contribution in [-0.2, 0) is 11.2 Å². The number of methoxy groups -OCH3 is 2. The van der Waals surface area contributed by atoms with E-state index in [2.05, 4.69) is 12.1 Å². The van der Waals surface area contributed by atoms with E-state index in [1.807, 2.05) is 49.9 Å². The summed E-state index contributed by atoms with van der Waals surface area (Å²) in [6, 6.07) is 11.7. The molecule has 0 atom stereocenters. The largest absolute Gasteiger partial charge is 0.497 e. The first-order valence-electron chi connectivity index (χ1n) is 8.08. The van der Waals surface area contributed by atoms with Crippen molar-refractivity contribution < 1.29 is 14.3 Å². The van der Waals surface area contributed by atoms with Crippen molar-refractivity contribution in [2.45, 2.75) is 27.2 Å². The second-order valence-electron chi connectivity index (χ2n) is 5.78. The van der Waals surface area contributed by atoms with Gasteiger partial charge in [-0.2, -0.15) is 0 Å². The topological polar surface area (TPSA) is 38.8 Å². The molecular formula is C20H25NO3. The van der Waals surface area contributed by atoms with Crippen molar-refractivity contribution >= 4 is 11.6 Å². The first-order valence-corrected chi connectivity index (χ1v) is 8.08. The Balaban J connectivity index is 2.31. The maximum atomic E-state index is 12.9. The molecule has 0 spiro atoms. The molecule has 0 aliphatic heterocycles. The average molecular weight is 327 g/mol. The van der Waals surface area contributed by atoms with Crippen LogP contribution in [0.25, 0.3) is 0 Å². The van der Waals surface area contributed by atoms with Crippen molar-refractivity contribution in [1.82, 2.24) is 0 Å². The standard InChI is InChI=1S/C20H25NO3/c1-6-21(18-11-14(2)7-8-15(18)3)20(22)13-16-12-17(23-4)9-10-19(16)24-5/h7-12H,6,13H2,1-5H3. The summed E-state index contributed by atoms with van der Waals surface area (Å²) in [5.74, 6) is 1.45. The molecule has 4 heteroatoms. The number of nitrogens with zero attached hydrogens (tertiary/aromatic N) is 1. The Labute approximate surface area is 144 Å². The van der Waals surface area contributed by atoms with Crippen LogP contribution >= 0.6 is 0 Å². The lowest BCUT2D eigenvalue weighted by molar-refractivity contribution is -0.118. The van der Waals surface area contributed by atoms with Gasteiger partial charge < -0.3 is 14.4 Å². The Morgan fingerprint density at radius 1 is 1.04 bits per heavy atom. The Bertz CT molecular complexity index is 725. The minimum atomic E-state index is 0.0396. The van der Waals surface area contributed by atoms with Crippen molar-refractivity contribution in [2.24, 2.45) is 0 Å². The van der Waals surface area contributed by atoms with Crippen molar-refractivity contribution in [3.8, 4) is 11.5 Å². The van der Waals surface area contributed by atoms with E-state index in [-0.39, 0.29) is 12.3 Å². The lowest BCUT2D eigenvalue weighted by atomic mass is 10.1. The molecule has 0 aromatic heterocycles. The second-order valence-corrected chi connectivity index (χ2v) is 5.78. The number of ether oxygens (including phenoxy) is 2. The first-order chi connectivity index (χ1) is 11.5. The predicted octanol–water partition coefficient (Wildman–Crippen LogP) is 3.92. The number of hydrogen-bond donors (Lipinski definition) is 0. The molecule has 128 valence electrons. The highest BCUT2D eigenvalue weighted by Crippen LogP contribution is 2.27. The molecule has 2 aromatic carbocycles. The Morgan fingerprint density at radius 2 is 1.79 bits per heavy atom. The first kappa shape index (κ1) is 17.9. The zero-order valence-electron chi connectivity index (χ0n) is 15.1. The molecule has 24 heavy (non-hydrogen) atoms. The third kappa shape index (κ3) is 3.88. The van der Waals surface area contributed by atoms with Crippen molar-refractivity contribution in [3.05, 3.63) is 53.1 Å². The van der Waals surface area contributed by atoms with E-state index in [1.165, 1.54) is 0 Å². The zero-order chi connectivity index (χ0) is 17.7. The van der Waals surface area contributed by atoms with E-state index in [1.54, 1.807) is 14.2 Å². The van der Waals surface area contributed by atoms with Crippen LogP contribution in [-0.4, -0.2) is 26.7 Å². The van der Waals surface area contributed by atoms with Gasteiger partial charge in [-0.25, -0.2) is 0 Å². The van der Waals surface area contributed by atoms with Gasteiger partial charge in [0.2, 0.25) is 5.91 Å². The fourth-order valence-electron chi connectivity index (χ4n) is 2.77. The van der Waals surface area contributed by atoms with Gasteiger partial charge in [0.05, 0.1) is 20.6 Å². The summed E-state index contributed by atoms with van der Waals surface area (Å²) in [6.07, 6.45) is 0.265. The van der Waals surface area contributed by atoms with Crippen LogP contribution in [0.4, 0.5) is 5.69 Å². The molecule has 0 aliphatic carbocycles. The van der Waals surface area contributed by atoms with Crippen LogP contribution in [0.1, 0.15) is 23.6 Å².